The summed E-state index contributed by atoms with van der Waals surface area (Å²) in [6, 6.07) is 6.46. The molecule has 0 spiro atoms. The highest BCUT2D eigenvalue weighted by atomic mass is 32.1. The summed E-state index contributed by atoms with van der Waals surface area (Å²) >= 11 is 5.46. The second-order valence-electron chi connectivity index (χ2n) is 9.22. The highest BCUT2D eigenvalue weighted by molar-refractivity contribution is 7.81. The average molecular weight is 495 g/mol. The van der Waals surface area contributed by atoms with Crippen molar-refractivity contribution in [1.29, 1.82) is 5.26 Å². The summed E-state index contributed by atoms with van der Waals surface area (Å²) in [5, 5.41) is 8.77. The number of rotatable bonds is 3. The van der Waals surface area contributed by atoms with Gasteiger partial charge in [-0.05, 0) is 50.3 Å². The minimum atomic E-state index is -5.15. The zero-order valence-corrected chi connectivity index (χ0v) is 20.2. The maximum atomic E-state index is 15.1. The van der Waals surface area contributed by atoms with Crippen LogP contribution in [0, 0.1) is 17.1 Å². The topological polar surface area (TPSA) is 69.5 Å². The van der Waals surface area contributed by atoms with E-state index in [-0.39, 0.29) is 16.4 Å². The quantitative estimate of drug-likeness (QED) is 0.424. The minimum absolute atomic E-state index is 0.147. The Morgan fingerprint density at radius 3 is 2.21 bits per heavy atom. The van der Waals surface area contributed by atoms with Gasteiger partial charge < -0.3 is 4.74 Å². The standard InChI is InChI=1S/C23H22F4N4O2S/c1-21(2,3)15-10-9-14(18(29-15)33-6)31-20(34)30(19(32)22(31,4)5)13-8-7-12(11-28)16(17(13)24)23(25,26)27/h7-10H,1-6H3. The molecule has 2 heterocycles. The van der Waals surface area contributed by atoms with Gasteiger partial charge in [0.2, 0.25) is 5.88 Å². The van der Waals surface area contributed by atoms with E-state index < -0.39 is 40.3 Å². The molecule has 2 aromatic rings. The van der Waals surface area contributed by atoms with Crippen LogP contribution in [-0.4, -0.2) is 28.7 Å². The summed E-state index contributed by atoms with van der Waals surface area (Å²) in [5.74, 6) is -2.36. The fraction of sp³-hybridized carbons (Fsp3) is 0.391. The number of halogens is 4. The number of pyridine rings is 1. The molecule has 180 valence electrons. The van der Waals surface area contributed by atoms with E-state index in [4.69, 9.17) is 22.2 Å². The van der Waals surface area contributed by atoms with Gasteiger partial charge in [-0.2, -0.15) is 18.4 Å². The van der Waals surface area contributed by atoms with Gasteiger partial charge in [0.05, 0.1) is 24.4 Å². The first-order valence-corrected chi connectivity index (χ1v) is 10.5. The first kappa shape index (κ1) is 25.4. The summed E-state index contributed by atoms with van der Waals surface area (Å²) in [7, 11) is 1.39. The Kier molecular flexibility index (Phi) is 6.12. The third-order valence-electron chi connectivity index (χ3n) is 5.48. The summed E-state index contributed by atoms with van der Waals surface area (Å²) < 4.78 is 61.1. The van der Waals surface area contributed by atoms with E-state index in [9.17, 15) is 18.0 Å². The first-order chi connectivity index (χ1) is 15.6. The molecule has 1 fully saturated rings. The van der Waals surface area contributed by atoms with Gasteiger partial charge in [-0.25, -0.2) is 9.37 Å². The first-order valence-electron chi connectivity index (χ1n) is 10.1. The summed E-state index contributed by atoms with van der Waals surface area (Å²) in [5.41, 5.74) is -4.07. The van der Waals surface area contributed by atoms with Crippen molar-refractivity contribution < 1.29 is 27.1 Å². The summed E-state index contributed by atoms with van der Waals surface area (Å²) in [6.45, 7) is 8.87. The number of nitriles is 1. The minimum Gasteiger partial charge on any atom is -0.480 e. The number of alkyl halides is 3. The Labute approximate surface area is 199 Å². The molecule has 1 aliphatic heterocycles. The fourth-order valence-corrected chi connectivity index (χ4v) is 4.20. The van der Waals surface area contributed by atoms with Crippen molar-refractivity contribution >= 4 is 34.6 Å². The number of methoxy groups -OCH3 is 1. The fourth-order valence-electron chi connectivity index (χ4n) is 3.69. The van der Waals surface area contributed by atoms with E-state index in [2.05, 4.69) is 4.98 Å². The molecule has 1 amide bonds. The van der Waals surface area contributed by atoms with Crippen LogP contribution in [0.1, 0.15) is 51.4 Å². The third kappa shape index (κ3) is 3.96. The molecule has 0 atom stereocenters. The Balaban J connectivity index is 2.20. The number of thiocarbonyl (C=S) groups is 1. The molecule has 0 saturated carbocycles. The number of carbonyl (C=O) groups excluding carboxylic acids is 1. The highest BCUT2D eigenvalue weighted by Crippen LogP contribution is 2.43. The molecule has 0 radical (unpaired) electrons. The predicted molar refractivity (Wildman–Crippen MR) is 122 cm³/mol. The van der Waals surface area contributed by atoms with Crippen LogP contribution >= 0.6 is 12.2 Å². The molecule has 0 bridgehead atoms. The number of aromatic nitrogens is 1. The number of nitrogens with zero attached hydrogens (tertiary/aromatic N) is 4. The number of amides is 1. The van der Waals surface area contributed by atoms with Crippen LogP contribution in [-0.2, 0) is 16.4 Å². The van der Waals surface area contributed by atoms with Crippen molar-refractivity contribution in [3.05, 3.63) is 46.9 Å². The number of ether oxygens (including phenoxy) is 1. The normalized spacial score (nSPS) is 16.1. The van der Waals surface area contributed by atoms with Crippen LogP contribution in [0.15, 0.2) is 24.3 Å². The molecule has 0 unspecified atom stereocenters. The maximum Gasteiger partial charge on any atom is 0.420 e. The SMILES string of the molecule is COc1nc(C(C)(C)C)ccc1N1C(=S)N(c2ccc(C#N)c(C(F)(F)F)c2F)C(=O)C1(C)C. The Morgan fingerprint density at radius 1 is 1.12 bits per heavy atom. The second-order valence-corrected chi connectivity index (χ2v) is 9.59. The number of anilines is 2. The lowest BCUT2D eigenvalue weighted by atomic mass is 9.91. The molecule has 1 aromatic heterocycles. The van der Waals surface area contributed by atoms with E-state index >= 15 is 4.39 Å². The average Bonchev–Trinajstić information content (AvgIpc) is 2.89. The van der Waals surface area contributed by atoms with Crippen LogP contribution in [0.2, 0.25) is 0 Å². The van der Waals surface area contributed by atoms with Gasteiger partial charge in [0.25, 0.3) is 5.91 Å². The Bertz CT molecular complexity index is 1230. The Hall–Kier alpha value is -3.26. The molecule has 1 saturated heterocycles. The van der Waals surface area contributed by atoms with Gasteiger partial charge in [0.15, 0.2) is 10.9 Å². The summed E-state index contributed by atoms with van der Waals surface area (Å²) in [4.78, 5) is 19.9. The lowest BCUT2D eigenvalue weighted by molar-refractivity contribution is -0.140. The van der Waals surface area contributed by atoms with Crippen LogP contribution in [0.4, 0.5) is 28.9 Å². The molecular weight excluding hydrogens is 472 g/mol. The van der Waals surface area contributed by atoms with Crippen LogP contribution in [0.25, 0.3) is 0 Å². The van der Waals surface area contributed by atoms with Gasteiger partial charge in [-0.1, -0.05) is 20.8 Å². The molecule has 34 heavy (non-hydrogen) atoms. The van der Waals surface area contributed by atoms with Crippen molar-refractivity contribution in [2.75, 3.05) is 16.9 Å². The zero-order chi connectivity index (χ0) is 25.8. The molecule has 6 nitrogen and oxygen atoms in total. The smallest absolute Gasteiger partial charge is 0.420 e. The largest absolute Gasteiger partial charge is 0.480 e. The monoisotopic (exact) mass is 494 g/mol. The number of hydrogen-bond acceptors (Lipinski definition) is 5. The van der Waals surface area contributed by atoms with Crippen molar-refractivity contribution in [3.63, 3.8) is 0 Å². The van der Waals surface area contributed by atoms with Crippen LogP contribution in [0.5, 0.6) is 5.88 Å². The zero-order valence-electron chi connectivity index (χ0n) is 19.3. The van der Waals surface area contributed by atoms with E-state index in [0.717, 1.165) is 12.1 Å². The lowest BCUT2D eigenvalue weighted by Crippen LogP contribution is -2.44. The van der Waals surface area contributed by atoms with Gasteiger partial charge in [-0.3, -0.25) is 14.6 Å². The summed E-state index contributed by atoms with van der Waals surface area (Å²) in [6.07, 6.45) is -5.15. The van der Waals surface area contributed by atoms with E-state index in [1.54, 1.807) is 12.1 Å². The Morgan fingerprint density at radius 2 is 1.71 bits per heavy atom. The third-order valence-corrected chi connectivity index (χ3v) is 5.84. The van der Waals surface area contributed by atoms with Gasteiger partial charge >= 0.3 is 6.18 Å². The van der Waals surface area contributed by atoms with Crippen molar-refractivity contribution in [3.8, 4) is 11.9 Å². The molecule has 1 aliphatic rings. The van der Waals surface area contributed by atoms with E-state index in [1.807, 2.05) is 20.8 Å². The molecule has 3 rings (SSSR count). The predicted octanol–water partition coefficient (Wildman–Crippen LogP) is 5.33. The second kappa shape index (κ2) is 8.20. The van der Waals surface area contributed by atoms with E-state index in [0.29, 0.717) is 16.3 Å². The molecular formula is C23H22F4N4O2S. The lowest BCUT2D eigenvalue weighted by Gasteiger charge is -2.31. The maximum absolute atomic E-state index is 15.1. The van der Waals surface area contributed by atoms with E-state index in [1.165, 1.54) is 31.9 Å². The number of carbonyl (C=O) groups is 1. The number of benzene rings is 1. The molecule has 1 aromatic carbocycles. The molecule has 0 N–H and O–H groups in total. The highest BCUT2D eigenvalue weighted by Gasteiger charge is 2.52. The van der Waals surface area contributed by atoms with Gasteiger partial charge in [0.1, 0.15) is 16.8 Å². The van der Waals surface area contributed by atoms with Crippen LogP contribution in [0.3, 0.4) is 0 Å². The number of hydrogen-bond donors (Lipinski definition) is 0. The van der Waals surface area contributed by atoms with Gasteiger partial charge in [0, 0.05) is 11.1 Å². The van der Waals surface area contributed by atoms with Crippen LogP contribution < -0.4 is 14.5 Å². The van der Waals surface area contributed by atoms with Gasteiger partial charge in [-0.15, -0.1) is 0 Å². The van der Waals surface area contributed by atoms with Crippen molar-refractivity contribution in [1.82, 2.24) is 4.98 Å². The molecule has 11 heteroatoms. The van der Waals surface area contributed by atoms with Crippen molar-refractivity contribution in [2.24, 2.45) is 0 Å². The molecule has 0 aliphatic carbocycles. The van der Waals surface area contributed by atoms with Crippen molar-refractivity contribution in [2.45, 2.75) is 51.7 Å².